The Morgan fingerprint density at radius 2 is 1.85 bits per heavy atom. The highest BCUT2D eigenvalue weighted by molar-refractivity contribution is 5.98. The van der Waals surface area contributed by atoms with Gasteiger partial charge in [0.25, 0.3) is 0 Å². The molecular formula is C16H19F2NO. The summed E-state index contributed by atoms with van der Waals surface area (Å²) >= 11 is 0. The second-order valence-corrected chi connectivity index (χ2v) is 6.06. The summed E-state index contributed by atoms with van der Waals surface area (Å²) in [7, 11) is 2.11. The minimum atomic E-state index is -0.611. The molecule has 0 aromatic heterocycles. The van der Waals surface area contributed by atoms with Crippen molar-refractivity contribution in [2.24, 2.45) is 5.92 Å². The summed E-state index contributed by atoms with van der Waals surface area (Å²) in [6.45, 7) is 0. The second-order valence-electron chi connectivity index (χ2n) is 6.06. The summed E-state index contributed by atoms with van der Waals surface area (Å²) in [6, 6.07) is 3.95. The van der Waals surface area contributed by atoms with Crippen LogP contribution in [-0.4, -0.2) is 29.8 Å². The topological polar surface area (TPSA) is 20.3 Å². The van der Waals surface area contributed by atoms with Gasteiger partial charge in [0.2, 0.25) is 0 Å². The molecule has 4 heteroatoms. The number of ketones is 1. The van der Waals surface area contributed by atoms with Crippen molar-refractivity contribution in [3.8, 4) is 0 Å². The summed E-state index contributed by atoms with van der Waals surface area (Å²) < 4.78 is 27.0. The van der Waals surface area contributed by atoms with Crippen molar-refractivity contribution >= 4 is 5.78 Å². The quantitative estimate of drug-likeness (QED) is 0.773. The molecule has 1 aromatic carbocycles. The van der Waals surface area contributed by atoms with Gasteiger partial charge in [-0.2, -0.15) is 0 Å². The maximum atomic E-state index is 13.7. The van der Waals surface area contributed by atoms with Gasteiger partial charge in [-0.1, -0.05) is 6.42 Å². The average Bonchev–Trinajstić information content (AvgIpc) is 2.40. The zero-order valence-electron chi connectivity index (χ0n) is 11.6. The molecule has 2 heterocycles. The minimum absolute atomic E-state index is 0.0855. The predicted molar refractivity (Wildman–Crippen MR) is 72.6 cm³/mol. The Morgan fingerprint density at radius 3 is 2.50 bits per heavy atom. The summed E-state index contributed by atoms with van der Waals surface area (Å²) in [5.41, 5.74) is -0.0855. The number of hydrogen-bond acceptors (Lipinski definition) is 2. The molecule has 2 unspecified atom stereocenters. The molecule has 2 atom stereocenters. The van der Waals surface area contributed by atoms with E-state index in [1.807, 2.05) is 0 Å². The molecule has 2 bridgehead atoms. The lowest BCUT2D eigenvalue weighted by molar-refractivity contribution is 0.0336. The normalized spacial score (nSPS) is 30.2. The molecule has 0 N–H and O–H groups in total. The molecule has 0 saturated carbocycles. The fourth-order valence-electron chi connectivity index (χ4n) is 3.74. The number of carbonyl (C=O) groups is 1. The molecule has 1 aromatic rings. The first-order valence-corrected chi connectivity index (χ1v) is 7.27. The number of fused-ring (bicyclic) bond motifs is 2. The standard InChI is InChI=1S/C16H19F2NO/c1-19-12-3-2-4-13(19)8-10(7-12)16(20)14-9-11(17)5-6-15(14)18/h5-6,9-10,12-13H,2-4,7-8H2,1H3. The molecule has 3 rings (SSSR count). The maximum Gasteiger partial charge on any atom is 0.169 e. The first kappa shape index (κ1) is 13.7. The van der Waals surface area contributed by atoms with Crippen molar-refractivity contribution in [3.05, 3.63) is 35.4 Å². The van der Waals surface area contributed by atoms with E-state index in [-0.39, 0.29) is 17.3 Å². The Bertz CT molecular complexity index is 517. The van der Waals surface area contributed by atoms with E-state index in [9.17, 15) is 13.6 Å². The SMILES string of the molecule is CN1C2CCCC1CC(C(=O)c1cc(F)ccc1F)C2. The van der Waals surface area contributed by atoms with E-state index in [1.165, 1.54) is 6.42 Å². The predicted octanol–water partition coefficient (Wildman–Crippen LogP) is 3.41. The van der Waals surface area contributed by atoms with E-state index < -0.39 is 11.6 Å². The van der Waals surface area contributed by atoms with Crippen molar-refractivity contribution in [3.63, 3.8) is 0 Å². The average molecular weight is 279 g/mol. The zero-order chi connectivity index (χ0) is 14.3. The number of piperidine rings is 2. The van der Waals surface area contributed by atoms with Crippen LogP contribution in [0.4, 0.5) is 8.78 Å². The van der Waals surface area contributed by atoms with Gasteiger partial charge in [-0.15, -0.1) is 0 Å². The van der Waals surface area contributed by atoms with Crippen LogP contribution in [-0.2, 0) is 0 Å². The highest BCUT2D eigenvalue weighted by Crippen LogP contribution is 2.37. The smallest absolute Gasteiger partial charge is 0.169 e. The number of nitrogens with zero attached hydrogens (tertiary/aromatic N) is 1. The van der Waals surface area contributed by atoms with Crippen LogP contribution in [0.5, 0.6) is 0 Å². The molecule has 2 aliphatic heterocycles. The van der Waals surface area contributed by atoms with E-state index in [0.29, 0.717) is 12.1 Å². The molecular weight excluding hydrogens is 260 g/mol. The van der Waals surface area contributed by atoms with Crippen LogP contribution in [0.2, 0.25) is 0 Å². The summed E-state index contributed by atoms with van der Waals surface area (Å²) in [4.78, 5) is 14.8. The molecule has 0 amide bonds. The Labute approximate surface area is 117 Å². The van der Waals surface area contributed by atoms with Gasteiger partial charge in [0, 0.05) is 18.0 Å². The molecule has 2 aliphatic rings. The Kier molecular flexibility index (Phi) is 3.59. The van der Waals surface area contributed by atoms with Gasteiger partial charge in [0.1, 0.15) is 11.6 Å². The second kappa shape index (κ2) is 5.24. The van der Waals surface area contributed by atoms with Crippen LogP contribution in [0.3, 0.4) is 0 Å². The number of carbonyl (C=O) groups excluding carboxylic acids is 1. The fourth-order valence-corrected chi connectivity index (χ4v) is 3.74. The number of rotatable bonds is 2. The van der Waals surface area contributed by atoms with Gasteiger partial charge in [0.05, 0.1) is 5.56 Å². The Hall–Kier alpha value is -1.29. The fraction of sp³-hybridized carbons (Fsp3) is 0.562. The first-order valence-electron chi connectivity index (χ1n) is 7.27. The van der Waals surface area contributed by atoms with Crippen LogP contribution in [0.15, 0.2) is 18.2 Å². The summed E-state index contributed by atoms with van der Waals surface area (Å²) in [5.74, 6) is -1.56. The third-order valence-corrected chi connectivity index (χ3v) is 4.90. The highest BCUT2D eigenvalue weighted by atomic mass is 19.1. The van der Waals surface area contributed by atoms with Gasteiger partial charge >= 0.3 is 0 Å². The molecule has 2 saturated heterocycles. The number of hydrogen-bond donors (Lipinski definition) is 0. The summed E-state index contributed by atoms with van der Waals surface area (Å²) in [6.07, 6.45) is 4.93. The molecule has 2 fully saturated rings. The summed E-state index contributed by atoms with van der Waals surface area (Å²) in [5, 5.41) is 0. The number of halogens is 2. The lowest BCUT2D eigenvalue weighted by Gasteiger charge is -2.46. The lowest BCUT2D eigenvalue weighted by Crippen LogP contribution is -2.51. The van der Waals surface area contributed by atoms with Crippen LogP contribution in [0.1, 0.15) is 42.5 Å². The molecule has 0 aliphatic carbocycles. The van der Waals surface area contributed by atoms with Crippen molar-refractivity contribution in [2.75, 3.05) is 7.05 Å². The van der Waals surface area contributed by atoms with Gasteiger partial charge in [-0.25, -0.2) is 8.78 Å². The Balaban J connectivity index is 1.83. The van der Waals surface area contributed by atoms with E-state index in [2.05, 4.69) is 11.9 Å². The van der Waals surface area contributed by atoms with Crippen molar-refractivity contribution in [1.29, 1.82) is 0 Å². The van der Waals surface area contributed by atoms with Crippen LogP contribution in [0.25, 0.3) is 0 Å². The first-order chi connectivity index (χ1) is 9.56. The molecule has 108 valence electrons. The van der Waals surface area contributed by atoms with E-state index in [1.54, 1.807) is 0 Å². The van der Waals surface area contributed by atoms with Gasteiger partial charge in [0.15, 0.2) is 5.78 Å². The molecule has 2 nitrogen and oxygen atoms in total. The van der Waals surface area contributed by atoms with Gasteiger partial charge in [-0.3, -0.25) is 4.79 Å². The maximum absolute atomic E-state index is 13.7. The van der Waals surface area contributed by atoms with E-state index in [4.69, 9.17) is 0 Å². The monoisotopic (exact) mass is 279 g/mol. The van der Waals surface area contributed by atoms with Crippen LogP contribution in [0, 0.1) is 17.6 Å². The van der Waals surface area contributed by atoms with Crippen LogP contribution < -0.4 is 0 Å². The van der Waals surface area contributed by atoms with Crippen molar-refractivity contribution < 1.29 is 13.6 Å². The van der Waals surface area contributed by atoms with E-state index in [0.717, 1.165) is 43.9 Å². The Morgan fingerprint density at radius 1 is 1.20 bits per heavy atom. The third kappa shape index (κ3) is 2.37. The van der Waals surface area contributed by atoms with Gasteiger partial charge < -0.3 is 4.90 Å². The molecule has 20 heavy (non-hydrogen) atoms. The van der Waals surface area contributed by atoms with Crippen LogP contribution >= 0.6 is 0 Å². The van der Waals surface area contributed by atoms with Crippen molar-refractivity contribution in [1.82, 2.24) is 4.90 Å². The largest absolute Gasteiger partial charge is 0.300 e. The molecule has 0 spiro atoms. The number of benzene rings is 1. The van der Waals surface area contributed by atoms with E-state index >= 15 is 0 Å². The third-order valence-electron chi connectivity index (χ3n) is 4.90. The highest BCUT2D eigenvalue weighted by Gasteiger charge is 2.39. The lowest BCUT2D eigenvalue weighted by atomic mass is 9.76. The van der Waals surface area contributed by atoms with Crippen molar-refractivity contribution in [2.45, 2.75) is 44.2 Å². The minimum Gasteiger partial charge on any atom is -0.300 e. The number of Topliss-reactive ketones (excluding diaryl/α,β-unsaturated/α-hetero) is 1. The molecule has 0 radical (unpaired) electrons. The zero-order valence-corrected chi connectivity index (χ0v) is 11.6. The van der Waals surface area contributed by atoms with Gasteiger partial charge in [-0.05, 0) is 50.9 Å².